The molecular formula is C23H21N3O3S. The van der Waals surface area contributed by atoms with E-state index in [4.69, 9.17) is 10.7 Å². The summed E-state index contributed by atoms with van der Waals surface area (Å²) in [6.45, 7) is 0. The normalized spacial score (nSPS) is 14.1. The monoisotopic (exact) mass is 419 g/mol. The molecule has 1 aromatic heterocycles. The van der Waals surface area contributed by atoms with E-state index in [0.717, 1.165) is 29.0 Å². The van der Waals surface area contributed by atoms with Gasteiger partial charge < -0.3 is 11.1 Å². The maximum Gasteiger partial charge on any atom is 0.287 e. The third-order valence-corrected chi connectivity index (χ3v) is 6.19. The van der Waals surface area contributed by atoms with E-state index in [1.54, 1.807) is 0 Å². The standard InChI is InChI=1S/C23H21N3O3S/c24-21(28)19(27)17(13-14-7-3-1-4-8-14)25-22(29)20-18(15-9-5-2-6-10-15)26-23(30-20)16-11-12-16/h1-10,16-17H,11-13H2,(H2,24,28)(H,25,29)/t17-/m0/s1. The average molecular weight is 420 g/mol. The molecule has 2 aromatic carbocycles. The van der Waals surface area contributed by atoms with Crippen LogP contribution < -0.4 is 11.1 Å². The Balaban J connectivity index is 1.63. The van der Waals surface area contributed by atoms with Gasteiger partial charge in [0.05, 0.1) is 10.7 Å². The third-order valence-electron chi connectivity index (χ3n) is 4.97. The van der Waals surface area contributed by atoms with Crippen molar-refractivity contribution in [3.63, 3.8) is 0 Å². The topological polar surface area (TPSA) is 102 Å². The molecular weight excluding hydrogens is 398 g/mol. The first-order chi connectivity index (χ1) is 14.5. The highest BCUT2D eigenvalue weighted by Crippen LogP contribution is 2.44. The van der Waals surface area contributed by atoms with Crippen LogP contribution in [0, 0.1) is 0 Å². The number of aromatic nitrogens is 1. The van der Waals surface area contributed by atoms with Crippen molar-refractivity contribution in [1.29, 1.82) is 0 Å². The fraction of sp³-hybridized carbons (Fsp3) is 0.217. The summed E-state index contributed by atoms with van der Waals surface area (Å²) in [6, 6.07) is 17.6. The lowest BCUT2D eigenvalue weighted by molar-refractivity contribution is -0.137. The molecule has 3 aromatic rings. The summed E-state index contributed by atoms with van der Waals surface area (Å²) in [5.74, 6) is -1.91. The number of nitrogens with zero attached hydrogens (tertiary/aromatic N) is 1. The summed E-state index contributed by atoms with van der Waals surface area (Å²) in [5.41, 5.74) is 7.49. The lowest BCUT2D eigenvalue weighted by Crippen LogP contribution is -2.47. The van der Waals surface area contributed by atoms with Gasteiger partial charge in [0.15, 0.2) is 0 Å². The summed E-state index contributed by atoms with van der Waals surface area (Å²) >= 11 is 1.35. The Hall–Kier alpha value is -3.32. The van der Waals surface area contributed by atoms with E-state index < -0.39 is 23.6 Å². The minimum atomic E-state index is -1.07. The van der Waals surface area contributed by atoms with Gasteiger partial charge in [0, 0.05) is 17.9 Å². The van der Waals surface area contributed by atoms with Crippen LogP contribution in [0.5, 0.6) is 0 Å². The van der Waals surface area contributed by atoms with Gasteiger partial charge in [-0.05, 0) is 18.4 Å². The first-order valence-electron chi connectivity index (χ1n) is 9.77. The van der Waals surface area contributed by atoms with Crippen molar-refractivity contribution >= 4 is 28.9 Å². The molecule has 0 aliphatic heterocycles. The minimum absolute atomic E-state index is 0.184. The molecule has 152 valence electrons. The second-order valence-corrected chi connectivity index (χ2v) is 8.35. The van der Waals surface area contributed by atoms with E-state index in [-0.39, 0.29) is 6.42 Å². The number of hydrogen-bond donors (Lipinski definition) is 2. The quantitative estimate of drug-likeness (QED) is 0.548. The van der Waals surface area contributed by atoms with Gasteiger partial charge in [0.25, 0.3) is 11.8 Å². The van der Waals surface area contributed by atoms with E-state index in [1.807, 2.05) is 60.7 Å². The number of nitrogens with two attached hydrogens (primary N) is 1. The van der Waals surface area contributed by atoms with Gasteiger partial charge in [-0.2, -0.15) is 0 Å². The molecule has 1 aliphatic rings. The van der Waals surface area contributed by atoms with Crippen molar-refractivity contribution in [2.45, 2.75) is 31.2 Å². The predicted molar refractivity (Wildman–Crippen MR) is 115 cm³/mol. The maximum atomic E-state index is 13.2. The van der Waals surface area contributed by atoms with Crippen LogP contribution in [0.2, 0.25) is 0 Å². The molecule has 7 heteroatoms. The van der Waals surface area contributed by atoms with Crippen molar-refractivity contribution in [1.82, 2.24) is 10.3 Å². The first-order valence-corrected chi connectivity index (χ1v) is 10.6. The number of carbonyl (C=O) groups excluding carboxylic acids is 3. The number of ketones is 1. The van der Waals surface area contributed by atoms with Crippen molar-refractivity contribution in [2.24, 2.45) is 5.73 Å². The molecule has 1 atom stereocenters. The summed E-state index contributed by atoms with van der Waals surface area (Å²) in [7, 11) is 0. The molecule has 1 aliphatic carbocycles. The van der Waals surface area contributed by atoms with Crippen molar-refractivity contribution in [2.75, 3.05) is 0 Å². The van der Waals surface area contributed by atoms with Gasteiger partial charge in [-0.3, -0.25) is 14.4 Å². The van der Waals surface area contributed by atoms with Crippen LogP contribution in [-0.4, -0.2) is 28.6 Å². The molecule has 0 bridgehead atoms. The zero-order valence-electron chi connectivity index (χ0n) is 16.2. The van der Waals surface area contributed by atoms with Crippen molar-refractivity contribution in [3.8, 4) is 11.3 Å². The SMILES string of the molecule is NC(=O)C(=O)[C@H](Cc1ccccc1)NC(=O)c1sc(C2CC2)nc1-c1ccccc1. The van der Waals surface area contributed by atoms with Crippen molar-refractivity contribution < 1.29 is 14.4 Å². The molecule has 6 nitrogen and oxygen atoms in total. The molecule has 4 rings (SSSR count). The van der Waals surface area contributed by atoms with Crippen LogP contribution >= 0.6 is 11.3 Å². The smallest absolute Gasteiger partial charge is 0.287 e. The summed E-state index contributed by atoms with van der Waals surface area (Å²) in [6.07, 6.45) is 2.32. The molecule has 1 fully saturated rings. The molecule has 2 amide bonds. The predicted octanol–water partition coefficient (Wildman–Crippen LogP) is 3.08. The average Bonchev–Trinajstić information content (AvgIpc) is 3.52. The van der Waals surface area contributed by atoms with Gasteiger partial charge in [0.1, 0.15) is 10.9 Å². The summed E-state index contributed by atoms with van der Waals surface area (Å²) < 4.78 is 0. The summed E-state index contributed by atoms with van der Waals surface area (Å²) in [4.78, 5) is 42.3. The van der Waals surface area contributed by atoms with E-state index in [2.05, 4.69) is 5.32 Å². The minimum Gasteiger partial charge on any atom is -0.363 e. The zero-order valence-corrected chi connectivity index (χ0v) is 17.0. The van der Waals surface area contributed by atoms with Crippen LogP contribution in [0.25, 0.3) is 11.3 Å². The highest BCUT2D eigenvalue weighted by atomic mass is 32.1. The van der Waals surface area contributed by atoms with Crippen LogP contribution in [0.4, 0.5) is 0 Å². The van der Waals surface area contributed by atoms with Gasteiger partial charge in [-0.1, -0.05) is 60.7 Å². The Bertz CT molecular complexity index is 1080. The van der Waals surface area contributed by atoms with E-state index in [9.17, 15) is 14.4 Å². The van der Waals surface area contributed by atoms with Gasteiger partial charge in [-0.25, -0.2) is 4.98 Å². The number of thiazole rings is 1. The highest BCUT2D eigenvalue weighted by Gasteiger charge is 2.32. The number of Topliss-reactive ketones (excluding diaryl/α,β-unsaturated/α-hetero) is 1. The second-order valence-electron chi connectivity index (χ2n) is 7.31. The zero-order chi connectivity index (χ0) is 21.1. The number of carbonyl (C=O) groups is 3. The molecule has 1 heterocycles. The number of rotatable bonds is 8. The third kappa shape index (κ3) is 4.46. The largest absolute Gasteiger partial charge is 0.363 e. The van der Waals surface area contributed by atoms with Crippen LogP contribution in [-0.2, 0) is 16.0 Å². The second kappa shape index (κ2) is 8.59. The number of primary amides is 1. The Labute approximate surface area is 178 Å². The molecule has 0 saturated heterocycles. The number of amides is 2. The lowest BCUT2D eigenvalue weighted by Gasteiger charge is -2.16. The molecule has 0 spiro atoms. The van der Waals surface area contributed by atoms with Crippen LogP contribution in [0.1, 0.15) is 39.0 Å². The Morgan fingerprint density at radius 3 is 2.27 bits per heavy atom. The van der Waals surface area contributed by atoms with Crippen LogP contribution in [0.3, 0.4) is 0 Å². The van der Waals surface area contributed by atoms with Gasteiger partial charge in [0.2, 0.25) is 5.78 Å². The molecule has 3 N–H and O–H groups in total. The Kier molecular flexibility index (Phi) is 5.72. The molecule has 0 unspecified atom stereocenters. The van der Waals surface area contributed by atoms with E-state index >= 15 is 0 Å². The van der Waals surface area contributed by atoms with Crippen LogP contribution in [0.15, 0.2) is 60.7 Å². The Morgan fingerprint density at radius 2 is 1.67 bits per heavy atom. The van der Waals surface area contributed by atoms with Crippen molar-refractivity contribution in [3.05, 3.63) is 76.1 Å². The lowest BCUT2D eigenvalue weighted by atomic mass is 10.0. The molecule has 1 saturated carbocycles. The highest BCUT2D eigenvalue weighted by molar-refractivity contribution is 7.14. The first kappa shape index (κ1) is 20.0. The molecule has 30 heavy (non-hydrogen) atoms. The summed E-state index contributed by atoms with van der Waals surface area (Å²) in [5, 5.41) is 3.66. The fourth-order valence-corrected chi connectivity index (χ4v) is 4.40. The van der Waals surface area contributed by atoms with Gasteiger partial charge >= 0.3 is 0 Å². The maximum absolute atomic E-state index is 13.2. The molecule has 0 radical (unpaired) electrons. The number of benzene rings is 2. The van der Waals surface area contributed by atoms with Gasteiger partial charge in [-0.15, -0.1) is 11.3 Å². The number of nitrogens with one attached hydrogen (secondary N) is 1. The Morgan fingerprint density at radius 1 is 1.03 bits per heavy atom. The van der Waals surface area contributed by atoms with E-state index in [1.165, 1.54) is 11.3 Å². The fourth-order valence-electron chi connectivity index (χ4n) is 3.24. The number of hydrogen-bond acceptors (Lipinski definition) is 5. The van der Waals surface area contributed by atoms with E-state index in [0.29, 0.717) is 16.5 Å².